The standard InChI is InChI=1S/C12H19NO3.C7H10F3NO2/c1-2-3-6-13-10-7-9(12(13)15)4-5-11(10)16-8-14;1-5(7(8,9)10)6(12)13-4-3-11-2/h8-11H,2-7H2,1H3;11H,1,3-4H2,2H3. The van der Waals surface area contributed by atoms with Crippen molar-refractivity contribution < 1.29 is 37.0 Å². The molecule has 1 saturated heterocycles. The number of rotatable bonds is 9. The molecule has 0 radical (unpaired) electrons. The lowest BCUT2D eigenvalue weighted by Gasteiger charge is -2.30. The number of nitrogens with zero attached hydrogens (tertiary/aromatic N) is 1. The topological polar surface area (TPSA) is 84.9 Å². The minimum atomic E-state index is -4.71. The molecule has 2 rings (SSSR count). The van der Waals surface area contributed by atoms with Gasteiger partial charge in [0, 0.05) is 19.0 Å². The molecule has 1 aliphatic heterocycles. The number of alkyl halides is 3. The smallest absolute Gasteiger partial charge is 0.422 e. The minimum absolute atomic E-state index is 0.0722. The molecule has 2 fully saturated rings. The Morgan fingerprint density at radius 1 is 1.38 bits per heavy atom. The van der Waals surface area contributed by atoms with Crippen molar-refractivity contribution in [3.05, 3.63) is 12.2 Å². The van der Waals surface area contributed by atoms with E-state index in [-0.39, 0.29) is 30.6 Å². The summed E-state index contributed by atoms with van der Waals surface area (Å²) in [4.78, 5) is 35.0. The SMILES string of the molecule is C=C(C(=O)OCCNC)C(F)(F)F.CCCCN1C(=O)C2CCC(OC=O)C1C2. The maximum atomic E-state index is 12.0. The van der Waals surface area contributed by atoms with Gasteiger partial charge in [0.15, 0.2) is 0 Å². The summed E-state index contributed by atoms with van der Waals surface area (Å²) in [7, 11) is 1.59. The number of fused-ring (bicyclic) bond motifs is 2. The maximum absolute atomic E-state index is 12.0. The summed E-state index contributed by atoms with van der Waals surface area (Å²) in [5.41, 5.74) is -1.48. The number of hydrogen-bond donors (Lipinski definition) is 1. The summed E-state index contributed by atoms with van der Waals surface area (Å²) in [6, 6.07) is 0.142. The van der Waals surface area contributed by atoms with Gasteiger partial charge in [0.25, 0.3) is 6.47 Å². The van der Waals surface area contributed by atoms with Crippen molar-refractivity contribution in [1.29, 1.82) is 0 Å². The van der Waals surface area contributed by atoms with E-state index in [0.717, 1.165) is 38.6 Å². The Hall–Kier alpha value is -2.10. The monoisotopic (exact) mass is 422 g/mol. The molecule has 29 heavy (non-hydrogen) atoms. The summed E-state index contributed by atoms with van der Waals surface area (Å²) in [5.74, 6) is -0.966. The summed E-state index contributed by atoms with van der Waals surface area (Å²) in [6.45, 7) is 6.23. The highest BCUT2D eigenvalue weighted by Gasteiger charge is 2.47. The molecule has 0 aromatic heterocycles. The van der Waals surface area contributed by atoms with E-state index < -0.39 is 17.7 Å². The molecule has 1 saturated carbocycles. The summed E-state index contributed by atoms with van der Waals surface area (Å²) >= 11 is 0. The molecule has 2 aliphatic rings. The van der Waals surface area contributed by atoms with Gasteiger partial charge in [-0.05, 0) is 32.7 Å². The fraction of sp³-hybridized carbons (Fsp3) is 0.737. The van der Waals surface area contributed by atoms with Gasteiger partial charge in [-0.15, -0.1) is 0 Å². The van der Waals surface area contributed by atoms with Crippen LogP contribution in [-0.2, 0) is 23.9 Å². The van der Waals surface area contributed by atoms with Crippen LogP contribution < -0.4 is 5.32 Å². The van der Waals surface area contributed by atoms with Crippen LogP contribution in [0.5, 0.6) is 0 Å². The van der Waals surface area contributed by atoms with Gasteiger partial charge >= 0.3 is 12.1 Å². The average Bonchev–Trinajstić information content (AvgIpc) is 2.92. The van der Waals surface area contributed by atoms with Crippen molar-refractivity contribution in [2.75, 3.05) is 26.7 Å². The van der Waals surface area contributed by atoms with E-state index in [1.807, 2.05) is 4.90 Å². The van der Waals surface area contributed by atoms with E-state index in [0.29, 0.717) is 13.0 Å². The van der Waals surface area contributed by atoms with Gasteiger partial charge in [0.2, 0.25) is 5.91 Å². The van der Waals surface area contributed by atoms with Crippen LogP contribution in [0.4, 0.5) is 13.2 Å². The molecular weight excluding hydrogens is 393 g/mol. The number of esters is 1. The number of halogens is 3. The Kier molecular flexibility index (Phi) is 10.1. The van der Waals surface area contributed by atoms with Gasteiger partial charge in [-0.3, -0.25) is 9.59 Å². The lowest BCUT2D eigenvalue weighted by atomic mass is 9.88. The first-order chi connectivity index (χ1) is 13.7. The molecule has 7 nitrogen and oxygen atoms in total. The number of amides is 1. The second-order valence-corrected chi connectivity index (χ2v) is 6.95. The van der Waals surface area contributed by atoms with Crippen LogP contribution in [0.3, 0.4) is 0 Å². The molecule has 1 amide bonds. The highest BCUT2D eigenvalue weighted by molar-refractivity contribution is 5.89. The van der Waals surface area contributed by atoms with E-state index in [2.05, 4.69) is 23.6 Å². The van der Waals surface area contributed by atoms with Gasteiger partial charge in [0.1, 0.15) is 18.3 Å². The van der Waals surface area contributed by atoms with E-state index in [1.54, 1.807) is 7.05 Å². The lowest BCUT2D eigenvalue weighted by molar-refractivity contribution is -0.150. The van der Waals surface area contributed by atoms with Crippen molar-refractivity contribution >= 4 is 18.3 Å². The molecule has 1 N–H and O–H groups in total. The van der Waals surface area contributed by atoms with Crippen molar-refractivity contribution in [1.82, 2.24) is 10.2 Å². The van der Waals surface area contributed by atoms with Crippen molar-refractivity contribution in [2.45, 2.75) is 57.3 Å². The molecule has 0 aromatic carbocycles. The Balaban J connectivity index is 0.000000298. The number of likely N-dealkylation sites (N-methyl/N-ethyl adjacent to an activating group) is 1. The van der Waals surface area contributed by atoms with Crippen molar-refractivity contribution in [3.8, 4) is 0 Å². The number of unbranched alkanes of at least 4 members (excludes halogenated alkanes) is 1. The van der Waals surface area contributed by atoms with Crippen LogP contribution in [0, 0.1) is 5.92 Å². The van der Waals surface area contributed by atoms with Crippen LogP contribution in [-0.4, -0.2) is 68.3 Å². The Morgan fingerprint density at radius 3 is 2.62 bits per heavy atom. The number of ether oxygens (including phenoxy) is 2. The summed E-state index contributed by atoms with van der Waals surface area (Å²) < 4.78 is 44.7. The highest BCUT2D eigenvalue weighted by Crippen LogP contribution is 2.37. The van der Waals surface area contributed by atoms with E-state index in [1.165, 1.54) is 0 Å². The molecule has 3 atom stereocenters. The van der Waals surface area contributed by atoms with Gasteiger partial charge in [-0.1, -0.05) is 19.9 Å². The molecule has 10 heteroatoms. The predicted octanol–water partition coefficient (Wildman–Crippen LogP) is 2.21. The summed E-state index contributed by atoms with van der Waals surface area (Å²) in [5, 5.41) is 2.61. The van der Waals surface area contributed by atoms with E-state index >= 15 is 0 Å². The number of hydrogen-bond acceptors (Lipinski definition) is 6. The fourth-order valence-electron chi connectivity index (χ4n) is 3.35. The second kappa shape index (κ2) is 11.8. The average molecular weight is 422 g/mol. The zero-order chi connectivity index (χ0) is 22.0. The first-order valence-corrected chi connectivity index (χ1v) is 9.64. The first-order valence-electron chi connectivity index (χ1n) is 9.64. The first kappa shape index (κ1) is 24.9. The highest BCUT2D eigenvalue weighted by atomic mass is 19.4. The number of likely N-dealkylation sites (tertiary alicyclic amines) is 1. The largest absolute Gasteiger partial charge is 0.462 e. The molecule has 166 valence electrons. The quantitative estimate of drug-likeness (QED) is 0.265. The van der Waals surface area contributed by atoms with Crippen LogP contribution in [0.15, 0.2) is 12.2 Å². The van der Waals surface area contributed by atoms with Crippen molar-refractivity contribution in [3.63, 3.8) is 0 Å². The molecule has 2 bridgehead atoms. The number of carbonyl (C=O) groups excluding carboxylic acids is 3. The fourth-order valence-corrected chi connectivity index (χ4v) is 3.35. The Labute approximate surface area is 168 Å². The third-order valence-electron chi connectivity index (χ3n) is 4.94. The normalized spacial score (nSPS) is 23.1. The lowest BCUT2D eigenvalue weighted by Crippen LogP contribution is -2.42. The Bertz CT molecular complexity index is 583. The molecular formula is C19H29F3N2O5. The summed E-state index contributed by atoms with van der Waals surface area (Å²) in [6.07, 6.45) is -0.0862. The third-order valence-corrected chi connectivity index (χ3v) is 4.94. The maximum Gasteiger partial charge on any atom is 0.422 e. The molecule has 1 aliphatic carbocycles. The zero-order valence-corrected chi connectivity index (χ0v) is 16.8. The van der Waals surface area contributed by atoms with Gasteiger partial charge < -0.3 is 19.7 Å². The zero-order valence-electron chi connectivity index (χ0n) is 16.8. The third kappa shape index (κ3) is 7.34. The molecule has 1 heterocycles. The second-order valence-electron chi connectivity index (χ2n) is 6.95. The molecule has 0 aromatic rings. The van der Waals surface area contributed by atoms with Gasteiger partial charge in [0.05, 0.1) is 6.04 Å². The van der Waals surface area contributed by atoms with Gasteiger partial charge in [-0.2, -0.15) is 13.2 Å². The molecule has 3 unspecified atom stereocenters. The van der Waals surface area contributed by atoms with Crippen LogP contribution in [0.2, 0.25) is 0 Å². The van der Waals surface area contributed by atoms with Crippen LogP contribution >= 0.6 is 0 Å². The van der Waals surface area contributed by atoms with Crippen molar-refractivity contribution in [2.24, 2.45) is 5.92 Å². The molecule has 0 spiro atoms. The van der Waals surface area contributed by atoms with E-state index in [9.17, 15) is 27.6 Å². The number of carbonyl (C=O) groups is 3. The Morgan fingerprint density at radius 2 is 2.07 bits per heavy atom. The minimum Gasteiger partial charge on any atom is -0.462 e. The van der Waals surface area contributed by atoms with Gasteiger partial charge in [-0.25, -0.2) is 4.79 Å². The van der Waals surface area contributed by atoms with E-state index in [4.69, 9.17) is 4.74 Å². The predicted molar refractivity (Wildman–Crippen MR) is 98.8 cm³/mol. The van der Waals surface area contributed by atoms with Crippen LogP contribution in [0.25, 0.3) is 0 Å². The van der Waals surface area contributed by atoms with Crippen LogP contribution in [0.1, 0.15) is 39.0 Å². The number of nitrogens with one attached hydrogen (secondary N) is 1.